The number of ether oxygens (including phenoxy) is 1. The van der Waals surface area contributed by atoms with Gasteiger partial charge in [0, 0.05) is 31.3 Å². The highest BCUT2D eigenvalue weighted by molar-refractivity contribution is 7.71. The molecule has 0 atom stereocenters. The smallest absolute Gasteiger partial charge is 0.270 e. The number of morpholine rings is 1. The van der Waals surface area contributed by atoms with E-state index in [4.69, 9.17) is 17.0 Å². The maximum absolute atomic E-state index is 12.9. The average molecular weight is 404 g/mol. The van der Waals surface area contributed by atoms with E-state index in [1.165, 1.54) is 12.1 Å². The second-order valence-corrected chi connectivity index (χ2v) is 7.17. The first-order valence-electron chi connectivity index (χ1n) is 9.09. The van der Waals surface area contributed by atoms with Crippen LogP contribution in [0.4, 0.5) is 11.4 Å². The normalized spacial score (nSPS) is 16.8. The lowest BCUT2D eigenvalue weighted by Crippen LogP contribution is -2.38. The Hall–Kier alpha value is -2.79. The third kappa shape index (κ3) is 3.76. The Morgan fingerprint density at radius 3 is 2.82 bits per heavy atom. The summed E-state index contributed by atoms with van der Waals surface area (Å²) in [5, 5.41) is 21.0. The maximum Gasteiger partial charge on any atom is 0.270 e. The summed E-state index contributed by atoms with van der Waals surface area (Å²) in [6.07, 6.45) is 2.09. The van der Waals surface area contributed by atoms with Gasteiger partial charge in [-0.1, -0.05) is 0 Å². The molecule has 1 saturated carbocycles. The number of carbonyl (C=O) groups excluding carboxylic acids is 1. The van der Waals surface area contributed by atoms with Crippen LogP contribution in [0.1, 0.15) is 35.1 Å². The highest BCUT2D eigenvalue weighted by atomic mass is 32.1. The van der Waals surface area contributed by atoms with Crippen LogP contribution < -0.4 is 10.2 Å². The van der Waals surface area contributed by atoms with Crippen LogP contribution in [0.5, 0.6) is 0 Å². The Morgan fingerprint density at radius 1 is 1.39 bits per heavy atom. The van der Waals surface area contributed by atoms with Crippen LogP contribution in [0.15, 0.2) is 18.2 Å². The molecule has 1 aliphatic heterocycles. The van der Waals surface area contributed by atoms with Gasteiger partial charge in [-0.05, 0) is 31.1 Å². The van der Waals surface area contributed by atoms with Crippen molar-refractivity contribution >= 4 is 29.5 Å². The molecule has 148 valence electrons. The first kappa shape index (κ1) is 18.6. The van der Waals surface area contributed by atoms with Gasteiger partial charge in [0.15, 0.2) is 10.6 Å². The number of nitrogens with one attached hydrogen (secondary N) is 2. The number of hydrogen-bond donors (Lipinski definition) is 2. The van der Waals surface area contributed by atoms with Crippen molar-refractivity contribution < 1.29 is 14.5 Å². The zero-order valence-corrected chi connectivity index (χ0v) is 15.9. The molecule has 10 nitrogen and oxygen atoms in total. The van der Waals surface area contributed by atoms with Gasteiger partial charge >= 0.3 is 0 Å². The number of non-ortho nitro benzene ring substituents is 1. The Balaban J connectivity index is 1.57. The number of nitro groups is 1. The van der Waals surface area contributed by atoms with Crippen LogP contribution in [-0.4, -0.2) is 51.9 Å². The van der Waals surface area contributed by atoms with Crippen molar-refractivity contribution in [2.45, 2.75) is 25.4 Å². The third-order valence-corrected chi connectivity index (χ3v) is 5.17. The summed E-state index contributed by atoms with van der Waals surface area (Å²) in [7, 11) is 0. The van der Waals surface area contributed by atoms with Crippen molar-refractivity contribution in [1.82, 2.24) is 20.1 Å². The molecule has 11 heteroatoms. The SMILES string of the molecule is O=C(NCc1n[nH]c(=S)n1C1CC1)c1cc([N+](=O)[O-])ccc1N1CCOCC1. The molecule has 2 fully saturated rings. The van der Waals surface area contributed by atoms with E-state index in [9.17, 15) is 14.9 Å². The minimum absolute atomic E-state index is 0.122. The fourth-order valence-corrected chi connectivity index (χ4v) is 3.63. The third-order valence-electron chi connectivity index (χ3n) is 4.88. The van der Waals surface area contributed by atoms with E-state index >= 15 is 0 Å². The molecule has 1 saturated heterocycles. The molecule has 0 spiro atoms. The summed E-state index contributed by atoms with van der Waals surface area (Å²) >= 11 is 5.25. The summed E-state index contributed by atoms with van der Waals surface area (Å²) in [5.41, 5.74) is 0.804. The zero-order chi connectivity index (χ0) is 19.7. The number of benzene rings is 1. The van der Waals surface area contributed by atoms with Gasteiger partial charge in [-0.15, -0.1) is 0 Å². The van der Waals surface area contributed by atoms with Gasteiger partial charge in [0.05, 0.1) is 35.9 Å². The number of nitrogens with zero attached hydrogens (tertiary/aromatic N) is 4. The summed E-state index contributed by atoms with van der Waals surface area (Å²) < 4.78 is 7.82. The largest absolute Gasteiger partial charge is 0.378 e. The molecule has 1 amide bonds. The molecule has 1 aromatic heterocycles. The number of anilines is 1. The first-order valence-corrected chi connectivity index (χ1v) is 9.50. The molecule has 1 aromatic carbocycles. The van der Waals surface area contributed by atoms with E-state index in [0.29, 0.717) is 48.6 Å². The lowest BCUT2D eigenvalue weighted by molar-refractivity contribution is -0.384. The van der Waals surface area contributed by atoms with E-state index < -0.39 is 4.92 Å². The van der Waals surface area contributed by atoms with Crippen molar-refractivity contribution in [2.75, 3.05) is 31.2 Å². The average Bonchev–Trinajstić information content (AvgIpc) is 3.48. The number of carbonyl (C=O) groups is 1. The molecule has 2 heterocycles. The van der Waals surface area contributed by atoms with Crippen LogP contribution >= 0.6 is 12.2 Å². The van der Waals surface area contributed by atoms with Crippen LogP contribution in [0.3, 0.4) is 0 Å². The molecule has 2 aromatic rings. The van der Waals surface area contributed by atoms with E-state index in [1.54, 1.807) is 6.07 Å². The molecular formula is C17H20N6O4S. The Morgan fingerprint density at radius 2 is 2.14 bits per heavy atom. The molecular weight excluding hydrogens is 384 g/mol. The van der Waals surface area contributed by atoms with Gasteiger partial charge in [-0.2, -0.15) is 5.10 Å². The number of hydrogen-bond acceptors (Lipinski definition) is 7. The highest BCUT2D eigenvalue weighted by Gasteiger charge is 2.28. The predicted octanol–water partition coefficient (Wildman–Crippen LogP) is 1.95. The van der Waals surface area contributed by atoms with Gasteiger partial charge in [-0.3, -0.25) is 24.6 Å². The number of aromatic amines is 1. The van der Waals surface area contributed by atoms with Crippen LogP contribution in [0.2, 0.25) is 0 Å². The minimum atomic E-state index is -0.502. The monoisotopic (exact) mass is 404 g/mol. The van der Waals surface area contributed by atoms with Crippen molar-refractivity contribution in [1.29, 1.82) is 0 Å². The van der Waals surface area contributed by atoms with Crippen molar-refractivity contribution in [3.63, 3.8) is 0 Å². The van der Waals surface area contributed by atoms with Crippen LogP contribution in [0, 0.1) is 14.9 Å². The molecule has 28 heavy (non-hydrogen) atoms. The molecule has 1 aliphatic carbocycles. The number of H-pyrrole nitrogens is 1. The topological polar surface area (TPSA) is 118 Å². The second-order valence-electron chi connectivity index (χ2n) is 6.79. The highest BCUT2D eigenvalue weighted by Crippen LogP contribution is 2.35. The number of rotatable bonds is 6. The molecule has 2 N–H and O–H groups in total. The van der Waals surface area contributed by atoms with E-state index in [0.717, 1.165) is 12.8 Å². The minimum Gasteiger partial charge on any atom is -0.378 e. The summed E-state index contributed by atoms with van der Waals surface area (Å²) in [6, 6.07) is 4.69. The Labute approximate surface area is 165 Å². The fraction of sp³-hybridized carbons (Fsp3) is 0.471. The lowest BCUT2D eigenvalue weighted by Gasteiger charge is -2.30. The van der Waals surface area contributed by atoms with Gasteiger partial charge in [0.1, 0.15) is 0 Å². The van der Waals surface area contributed by atoms with Gasteiger partial charge < -0.3 is 15.0 Å². The maximum atomic E-state index is 12.9. The fourth-order valence-electron chi connectivity index (χ4n) is 3.33. The summed E-state index contributed by atoms with van der Waals surface area (Å²) in [5.74, 6) is 0.265. The molecule has 4 rings (SSSR count). The Bertz CT molecular complexity index is 961. The standard InChI is InChI=1S/C17H20N6O4S/c24-16(18-10-15-19-20-17(28)22(15)11-1-2-11)13-9-12(23(25)26)3-4-14(13)21-5-7-27-8-6-21/h3-4,9,11H,1-2,5-8,10H2,(H,18,24)(H,20,28). The first-order chi connectivity index (χ1) is 13.5. The molecule has 2 aliphatic rings. The van der Waals surface area contributed by atoms with Crippen molar-refractivity contribution in [3.05, 3.63) is 44.5 Å². The molecule has 0 bridgehead atoms. The van der Waals surface area contributed by atoms with Crippen molar-refractivity contribution in [3.8, 4) is 0 Å². The second kappa shape index (κ2) is 7.68. The van der Waals surface area contributed by atoms with Crippen molar-refractivity contribution in [2.24, 2.45) is 0 Å². The van der Waals surface area contributed by atoms with Crippen LogP contribution in [0.25, 0.3) is 0 Å². The predicted molar refractivity (Wildman–Crippen MR) is 103 cm³/mol. The van der Waals surface area contributed by atoms with Gasteiger partial charge in [0.25, 0.3) is 11.6 Å². The summed E-state index contributed by atoms with van der Waals surface area (Å²) in [4.78, 5) is 25.6. The molecule has 0 unspecified atom stereocenters. The van der Waals surface area contributed by atoms with E-state index in [-0.39, 0.29) is 23.7 Å². The van der Waals surface area contributed by atoms with E-state index in [2.05, 4.69) is 15.5 Å². The lowest BCUT2D eigenvalue weighted by atomic mass is 10.1. The zero-order valence-electron chi connectivity index (χ0n) is 15.1. The summed E-state index contributed by atoms with van der Waals surface area (Å²) in [6.45, 7) is 2.53. The van der Waals surface area contributed by atoms with Gasteiger partial charge in [-0.25, -0.2) is 0 Å². The number of aromatic nitrogens is 3. The number of amides is 1. The number of nitro benzene ring substituents is 1. The Kier molecular flexibility index (Phi) is 5.09. The molecule has 0 radical (unpaired) electrons. The van der Waals surface area contributed by atoms with Crippen LogP contribution in [-0.2, 0) is 11.3 Å². The van der Waals surface area contributed by atoms with E-state index in [1.807, 2.05) is 9.47 Å². The van der Waals surface area contributed by atoms with Gasteiger partial charge in [0.2, 0.25) is 0 Å². The quantitative estimate of drug-likeness (QED) is 0.429.